The van der Waals surface area contributed by atoms with Crippen LogP contribution < -0.4 is 16.4 Å². The molecule has 1 atom stereocenters. The number of guanidine groups is 1. The molecule has 0 aromatic heterocycles. The van der Waals surface area contributed by atoms with Crippen LogP contribution in [-0.4, -0.2) is 28.8 Å². The van der Waals surface area contributed by atoms with Crippen molar-refractivity contribution in [2.75, 3.05) is 10.7 Å². The summed E-state index contributed by atoms with van der Waals surface area (Å²) in [6.07, 6.45) is 0.859. The second-order valence-electron chi connectivity index (χ2n) is 4.58. The first-order valence-corrected chi connectivity index (χ1v) is 7.18. The number of carbonyl (C=O) groups is 1. The molecule has 106 valence electrons. The number of rotatable bonds is 2. The number of para-hydroxylation sites is 1. The summed E-state index contributed by atoms with van der Waals surface area (Å²) in [6, 6.07) is 8.02. The monoisotopic (exact) mass is 291 g/mol. The Morgan fingerprint density at radius 2 is 2.20 bits per heavy atom. The van der Waals surface area contributed by atoms with E-state index in [1.807, 2.05) is 31.2 Å². The van der Waals surface area contributed by atoms with Crippen LogP contribution in [0, 0.1) is 5.41 Å². The quantitative estimate of drug-likeness (QED) is 0.555. The number of hydrogen-bond donors (Lipinski definition) is 3. The molecule has 0 radical (unpaired) electrons. The molecule has 1 heterocycles. The van der Waals surface area contributed by atoms with Gasteiger partial charge in [-0.25, -0.2) is 0 Å². The van der Waals surface area contributed by atoms with Gasteiger partial charge in [-0.05, 0) is 25.0 Å². The lowest BCUT2D eigenvalue weighted by molar-refractivity contribution is -0.116. The third-order valence-electron chi connectivity index (χ3n) is 3.04. The van der Waals surface area contributed by atoms with Gasteiger partial charge in [0.1, 0.15) is 0 Å². The molecule has 1 aromatic carbocycles. The minimum atomic E-state index is -0.171. The zero-order chi connectivity index (χ0) is 14.7. The van der Waals surface area contributed by atoms with E-state index in [2.05, 4.69) is 4.99 Å². The molecule has 0 fully saturated rings. The lowest BCUT2D eigenvalue weighted by Gasteiger charge is -2.22. The average molecular weight is 291 g/mol. The predicted molar refractivity (Wildman–Crippen MR) is 83.1 cm³/mol. The van der Waals surface area contributed by atoms with Crippen LogP contribution in [0.3, 0.4) is 0 Å². The highest BCUT2D eigenvalue weighted by atomic mass is 32.2. The topological polar surface area (TPSA) is 109 Å². The molecular weight excluding hydrogens is 274 g/mol. The highest BCUT2D eigenvalue weighted by molar-refractivity contribution is 8.14. The van der Waals surface area contributed by atoms with Crippen LogP contribution in [0.2, 0.25) is 0 Å². The average Bonchev–Trinajstić information content (AvgIpc) is 2.71. The van der Waals surface area contributed by atoms with Gasteiger partial charge in [-0.2, -0.15) is 4.99 Å². The molecule has 1 unspecified atom stereocenters. The van der Waals surface area contributed by atoms with E-state index < -0.39 is 0 Å². The number of amides is 1. The number of nitrogens with zero attached hydrogens (tertiary/aromatic N) is 2. The fourth-order valence-electron chi connectivity index (χ4n) is 2.29. The second kappa shape index (κ2) is 5.96. The molecule has 0 aliphatic carbocycles. The predicted octanol–water partition coefficient (Wildman–Crippen LogP) is 0.906. The summed E-state index contributed by atoms with van der Waals surface area (Å²) < 4.78 is 0. The Labute approximate surface area is 121 Å². The molecule has 20 heavy (non-hydrogen) atoms. The summed E-state index contributed by atoms with van der Waals surface area (Å²) in [5, 5.41) is 7.47. The molecule has 5 N–H and O–H groups in total. The highest BCUT2D eigenvalue weighted by Crippen LogP contribution is 2.32. The number of fused-ring (bicyclic) bond motifs is 1. The summed E-state index contributed by atoms with van der Waals surface area (Å²) in [5.74, 6) is -0.0632. The van der Waals surface area contributed by atoms with Gasteiger partial charge in [0.15, 0.2) is 11.1 Å². The normalized spacial score (nSPS) is 16.6. The molecule has 6 nitrogen and oxygen atoms in total. The van der Waals surface area contributed by atoms with Gasteiger partial charge in [-0.3, -0.25) is 10.2 Å². The van der Waals surface area contributed by atoms with Crippen molar-refractivity contribution in [3.8, 4) is 0 Å². The summed E-state index contributed by atoms with van der Waals surface area (Å²) in [4.78, 5) is 17.7. The minimum Gasteiger partial charge on any atom is -0.370 e. The Hall–Kier alpha value is -2.02. The van der Waals surface area contributed by atoms with Crippen LogP contribution in [0.4, 0.5) is 5.69 Å². The Bertz CT molecular complexity index is 568. The van der Waals surface area contributed by atoms with Gasteiger partial charge in [0.25, 0.3) is 0 Å². The number of benzene rings is 1. The molecule has 0 spiro atoms. The van der Waals surface area contributed by atoms with Crippen molar-refractivity contribution in [3.63, 3.8) is 0 Å². The van der Waals surface area contributed by atoms with Crippen LogP contribution in [-0.2, 0) is 11.2 Å². The molecule has 0 bridgehead atoms. The molecule has 2 rings (SSSR count). The van der Waals surface area contributed by atoms with E-state index in [0.717, 1.165) is 23.9 Å². The first kappa shape index (κ1) is 14.4. The molecule has 1 aliphatic heterocycles. The lowest BCUT2D eigenvalue weighted by Crippen LogP contribution is -2.37. The molecule has 1 amide bonds. The van der Waals surface area contributed by atoms with Gasteiger partial charge in [-0.1, -0.05) is 30.0 Å². The SMILES string of the molecule is CC1Cc2ccccc2N1C(=O)CSC(=N)N=C(N)N. The molecule has 7 heteroatoms. The van der Waals surface area contributed by atoms with E-state index in [1.165, 1.54) is 5.56 Å². The van der Waals surface area contributed by atoms with Gasteiger partial charge in [0.2, 0.25) is 5.91 Å². The van der Waals surface area contributed by atoms with Crippen LogP contribution >= 0.6 is 11.8 Å². The fraction of sp³-hybridized carbons (Fsp3) is 0.308. The zero-order valence-corrected chi connectivity index (χ0v) is 12.0. The highest BCUT2D eigenvalue weighted by Gasteiger charge is 2.30. The van der Waals surface area contributed by atoms with Gasteiger partial charge in [-0.15, -0.1) is 0 Å². The van der Waals surface area contributed by atoms with E-state index in [0.29, 0.717) is 0 Å². The molecule has 0 saturated carbocycles. The van der Waals surface area contributed by atoms with E-state index in [-0.39, 0.29) is 28.8 Å². The maximum atomic E-state index is 12.3. The number of nitrogens with two attached hydrogens (primary N) is 2. The molecule has 0 saturated heterocycles. The van der Waals surface area contributed by atoms with Crippen molar-refractivity contribution in [1.82, 2.24) is 0 Å². The molecule has 1 aliphatic rings. The van der Waals surface area contributed by atoms with Crippen molar-refractivity contribution in [2.45, 2.75) is 19.4 Å². The number of anilines is 1. The van der Waals surface area contributed by atoms with Crippen molar-refractivity contribution < 1.29 is 4.79 Å². The van der Waals surface area contributed by atoms with Crippen molar-refractivity contribution in [2.24, 2.45) is 16.5 Å². The van der Waals surface area contributed by atoms with Crippen LogP contribution in [0.25, 0.3) is 0 Å². The Morgan fingerprint density at radius 3 is 2.90 bits per heavy atom. The first-order chi connectivity index (χ1) is 9.49. The largest absolute Gasteiger partial charge is 0.370 e. The molecular formula is C13H17N5OS. The Morgan fingerprint density at radius 1 is 1.50 bits per heavy atom. The number of hydrogen-bond acceptors (Lipinski definition) is 3. The van der Waals surface area contributed by atoms with Gasteiger partial charge in [0, 0.05) is 11.7 Å². The second-order valence-corrected chi connectivity index (χ2v) is 5.54. The Balaban J connectivity index is 2.03. The number of thioether (sulfide) groups is 1. The number of amidine groups is 1. The number of nitrogens with one attached hydrogen (secondary N) is 1. The van der Waals surface area contributed by atoms with Crippen LogP contribution in [0.5, 0.6) is 0 Å². The summed E-state index contributed by atoms with van der Waals surface area (Å²) >= 11 is 1.02. The maximum Gasteiger partial charge on any atom is 0.237 e. The van der Waals surface area contributed by atoms with Crippen molar-refractivity contribution in [1.29, 1.82) is 5.41 Å². The van der Waals surface area contributed by atoms with Gasteiger partial charge in [0.05, 0.1) is 5.75 Å². The minimum absolute atomic E-state index is 0.0389. The smallest absolute Gasteiger partial charge is 0.237 e. The first-order valence-electron chi connectivity index (χ1n) is 6.20. The molecule has 1 aromatic rings. The van der Waals surface area contributed by atoms with E-state index in [1.54, 1.807) is 4.90 Å². The fourth-order valence-corrected chi connectivity index (χ4v) is 2.86. The van der Waals surface area contributed by atoms with E-state index in [9.17, 15) is 4.79 Å². The maximum absolute atomic E-state index is 12.3. The summed E-state index contributed by atoms with van der Waals surface area (Å²) in [7, 11) is 0. The summed E-state index contributed by atoms with van der Waals surface area (Å²) in [6.45, 7) is 2.02. The van der Waals surface area contributed by atoms with Crippen molar-refractivity contribution >= 4 is 34.5 Å². The van der Waals surface area contributed by atoms with Crippen LogP contribution in [0.15, 0.2) is 29.3 Å². The van der Waals surface area contributed by atoms with Crippen molar-refractivity contribution in [3.05, 3.63) is 29.8 Å². The lowest BCUT2D eigenvalue weighted by atomic mass is 10.1. The Kier molecular flexibility index (Phi) is 4.29. The summed E-state index contributed by atoms with van der Waals surface area (Å²) in [5.41, 5.74) is 12.5. The van der Waals surface area contributed by atoms with E-state index in [4.69, 9.17) is 16.9 Å². The third-order valence-corrected chi connectivity index (χ3v) is 3.79. The van der Waals surface area contributed by atoms with Gasteiger partial charge < -0.3 is 16.4 Å². The van der Waals surface area contributed by atoms with Crippen LogP contribution in [0.1, 0.15) is 12.5 Å². The third kappa shape index (κ3) is 3.11. The van der Waals surface area contributed by atoms with Gasteiger partial charge >= 0.3 is 0 Å². The number of aliphatic imine (C=N–C) groups is 1. The standard InChI is InChI=1S/C13H17N5OS/c1-8-6-9-4-2-3-5-10(9)18(8)11(19)7-20-13(16)17-12(14)15/h2-5,8H,6-7H2,1H3,(H5,14,15,16,17). The van der Waals surface area contributed by atoms with E-state index >= 15 is 0 Å². The number of carbonyl (C=O) groups excluding carboxylic acids is 1. The zero-order valence-electron chi connectivity index (χ0n) is 11.2.